The molecule has 0 unspecified atom stereocenters. The van der Waals surface area contributed by atoms with Crippen LogP contribution in [0.15, 0.2) is 42.5 Å². The Morgan fingerprint density at radius 1 is 0.826 bits per heavy atom. The number of hydrogen-bond acceptors (Lipinski definition) is 1. The minimum absolute atomic E-state index is 0.0518. The van der Waals surface area contributed by atoms with Gasteiger partial charge in [-0.15, -0.1) is 0 Å². The van der Waals surface area contributed by atoms with Crippen LogP contribution in [0.2, 0.25) is 0 Å². The molecule has 1 heterocycles. The summed E-state index contributed by atoms with van der Waals surface area (Å²) in [7, 11) is 7.97. The molecule has 0 N–H and O–H groups in total. The molecule has 2 aromatic carbocycles. The highest BCUT2D eigenvalue weighted by atomic mass is 32.3. The molecule has 0 saturated heterocycles. The third-order valence-electron chi connectivity index (χ3n) is 4.74. The van der Waals surface area contributed by atoms with Gasteiger partial charge >= 0.3 is 0 Å². The van der Waals surface area contributed by atoms with Crippen molar-refractivity contribution < 1.29 is 4.74 Å². The molecule has 0 aromatic heterocycles. The molecular formula is C16H24B4OS2. The average Bonchev–Trinajstić information content (AvgIpc) is 2.43. The van der Waals surface area contributed by atoms with Crippen LogP contribution in [0.1, 0.15) is 16.7 Å². The number of hydrogen-bond donors (Lipinski definition) is 0. The smallest absolute Gasteiger partial charge is 0.144 e. The Bertz CT molecular complexity index is 751. The lowest BCUT2D eigenvalue weighted by Gasteiger charge is -2.63. The molecule has 7 heteroatoms. The van der Waals surface area contributed by atoms with E-state index in [2.05, 4.69) is 90.4 Å². The molecule has 0 spiro atoms. The van der Waals surface area contributed by atoms with E-state index in [0.717, 1.165) is 11.5 Å². The summed E-state index contributed by atoms with van der Waals surface area (Å²) >= 11 is 0. The summed E-state index contributed by atoms with van der Waals surface area (Å²) in [5.41, 5.74) is 4.00. The van der Waals surface area contributed by atoms with Gasteiger partial charge in [0.25, 0.3) is 0 Å². The second-order valence-corrected chi connectivity index (χ2v) is 16.7. The fraction of sp³-hybridized carbons (Fsp3) is 0.250. The van der Waals surface area contributed by atoms with Crippen molar-refractivity contribution in [2.75, 3.05) is 12.5 Å². The maximum absolute atomic E-state index is 6.38. The maximum Gasteiger partial charge on any atom is 0.144 e. The van der Waals surface area contributed by atoms with Gasteiger partial charge in [-0.1, -0.05) is 36.4 Å². The summed E-state index contributed by atoms with van der Waals surface area (Å²) in [6, 6.07) is 15.3. The topological polar surface area (TPSA) is 9.23 Å². The second kappa shape index (κ2) is 5.35. The third kappa shape index (κ3) is 2.31. The van der Waals surface area contributed by atoms with Crippen molar-refractivity contribution >= 4 is 48.0 Å². The van der Waals surface area contributed by atoms with E-state index in [1.807, 2.05) is 0 Å². The summed E-state index contributed by atoms with van der Waals surface area (Å²) in [5.74, 6) is 2.12. The van der Waals surface area contributed by atoms with Crippen molar-refractivity contribution in [3.8, 4) is 11.5 Å². The number of ether oxygens (including phenoxy) is 1. The average molecular weight is 340 g/mol. The van der Waals surface area contributed by atoms with Crippen LogP contribution in [-0.4, -0.2) is 41.0 Å². The van der Waals surface area contributed by atoms with Crippen LogP contribution < -0.4 is 4.74 Å². The standard InChI is InChI=1S/C16H24B4OS2/c1-11-7-6-9-13-15(11)21-14-10-5-4-8-12(14)16(13,22(2,17)18)23(3,19)20/h4-10H,17-20H2,1-3H3. The highest BCUT2D eigenvalue weighted by Crippen LogP contribution is 2.77. The van der Waals surface area contributed by atoms with Crippen molar-refractivity contribution in [2.24, 2.45) is 0 Å². The normalized spacial score (nSPS) is 17.5. The zero-order valence-corrected chi connectivity index (χ0v) is 16.9. The highest BCUT2D eigenvalue weighted by Gasteiger charge is 2.52. The lowest BCUT2D eigenvalue weighted by atomic mass is 9.97. The van der Waals surface area contributed by atoms with E-state index in [1.54, 1.807) is 0 Å². The Kier molecular flexibility index (Phi) is 3.96. The SMILES string of the molecule is BS(B)(C)C1(S(B)(B)C)c2ccccc2Oc2c(C)cccc21. The Labute approximate surface area is 146 Å². The quantitative estimate of drug-likeness (QED) is 0.751. The van der Waals surface area contributed by atoms with Crippen LogP contribution in [0, 0.1) is 6.92 Å². The Balaban J connectivity index is 2.51. The first-order chi connectivity index (χ1) is 10.6. The van der Waals surface area contributed by atoms with Gasteiger partial charge in [0, 0.05) is 11.1 Å². The largest absolute Gasteiger partial charge is 0.456 e. The van der Waals surface area contributed by atoms with E-state index in [4.69, 9.17) is 4.74 Å². The fourth-order valence-corrected chi connectivity index (χ4v) is 13.5. The minimum Gasteiger partial charge on any atom is -0.456 e. The first-order valence-electron chi connectivity index (χ1n) is 7.84. The number of rotatable bonds is 2. The Morgan fingerprint density at radius 3 is 2.00 bits per heavy atom. The Morgan fingerprint density at radius 2 is 1.39 bits per heavy atom. The predicted molar refractivity (Wildman–Crippen MR) is 120 cm³/mol. The summed E-state index contributed by atoms with van der Waals surface area (Å²) in [6.07, 6.45) is 4.92. The molecular weight excluding hydrogens is 316 g/mol. The first-order valence-corrected chi connectivity index (χ1v) is 13.6. The third-order valence-corrected chi connectivity index (χ3v) is 12.1. The van der Waals surface area contributed by atoms with E-state index >= 15 is 0 Å². The van der Waals surface area contributed by atoms with Crippen LogP contribution in [0.25, 0.3) is 0 Å². The monoisotopic (exact) mass is 340 g/mol. The van der Waals surface area contributed by atoms with E-state index in [1.165, 1.54) is 16.7 Å². The summed E-state index contributed by atoms with van der Waals surface area (Å²) in [5, 5.41) is 0. The molecule has 1 nitrogen and oxygen atoms in total. The lowest BCUT2D eigenvalue weighted by molar-refractivity contribution is 0.451. The molecule has 2 aromatic rings. The molecule has 118 valence electrons. The zero-order chi connectivity index (χ0) is 17.0. The molecule has 0 atom stereocenters. The lowest BCUT2D eigenvalue weighted by Crippen LogP contribution is -2.41. The minimum atomic E-state index is -0.932. The van der Waals surface area contributed by atoms with Gasteiger partial charge in [0.05, 0.1) is 4.08 Å². The van der Waals surface area contributed by atoms with Crippen LogP contribution in [0.5, 0.6) is 11.5 Å². The maximum atomic E-state index is 6.38. The van der Waals surface area contributed by atoms with Gasteiger partial charge in [-0.25, -0.2) is 0 Å². The first kappa shape index (κ1) is 17.0. The molecule has 0 amide bonds. The van der Waals surface area contributed by atoms with Gasteiger partial charge in [-0.05, 0) is 31.1 Å². The predicted octanol–water partition coefficient (Wildman–Crippen LogP) is 1.36. The van der Waals surface area contributed by atoms with Crippen LogP contribution in [-0.2, 0) is 4.08 Å². The highest BCUT2D eigenvalue weighted by molar-refractivity contribution is 8.77. The fourth-order valence-electron chi connectivity index (χ4n) is 4.20. The van der Waals surface area contributed by atoms with Crippen molar-refractivity contribution in [3.63, 3.8) is 0 Å². The van der Waals surface area contributed by atoms with E-state index in [0.29, 0.717) is 0 Å². The van der Waals surface area contributed by atoms with E-state index in [-0.39, 0.29) is 4.08 Å². The molecule has 1 aliphatic rings. The molecule has 0 fully saturated rings. The van der Waals surface area contributed by atoms with Gasteiger partial charge in [0.2, 0.25) is 0 Å². The zero-order valence-electron chi connectivity index (χ0n) is 15.3. The number of para-hydroxylation sites is 2. The molecule has 1 aliphatic heterocycles. The second-order valence-electron chi connectivity index (χ2n) is 7.84. The van der Waals surface area contributed by atoms with E-state index in [9.17, 15) is 0 Å². The van der Waals surface area contributed by atoms with Crippen molar-refractivity contribution in [1.82, 2.24) is 0 Å². The molecule has 23 heavy (non-hydrogen) atoms. The van der Waals surface area contributed by atoms with Crippen molar-refractivity contribution in [2.45, 2.75) is 11.0 Å². The van der Waals surface area contributed by atoms with Gasteiger partial charge < -0.3 is 4.74 Å². The number of benzene rings is 2. The number of aryl methyl sites for hydroxylation is 1. The molecule has 0 aliphatic carbocycles. The van der Waals surface area contributed by atoms with Gasteiger partial charge in [-0.2, -0.15) is 0 Å². The van der Waals surface area contributed by atoms with Gasteiger partial charge in [0.15, 0.2) is 0 Å². The molecule has 0 saturated carbocycles. The van der Waals surface area contributed by atoms with E-state index < -0.39 is 19.5 Å². The number of fused-ring (bicyclic) bond motifs is 2. The summed E-state index contributed by atoms with van der Waals surface area (Å²) < 4.78 is 6.43. The van der Waals surface area contributed by atoms with Gasteiger partial charge in [0.1, 0.15) is 40.0 Å². The van der Waals surface area contributed by atoms with Crippen LogP contribution >= 0.6 is 19.5 Å². The molecule has 0 bridgehead atoms. The molecule has 0 radical (unpaired) electrons. The van der Waals surface area contributed by atoms with Crippen LogP contribution in [0.4, 0.5) is 0 Å². The van der Waals surface area contributed by atoms with Crippen LogP contribution in [0.3, 0.4) is 0 Å². The van der Waals surface area contributed by atoms with Crippen molar-refractivity contribution in [1.29, 1.82) is 0 Å². The summed E-state index contributed by atoms with van der Waals surface area (Å²) in [4.78, 5) is 0. The molecule has 3 rings (SSSR count). The summed E-state index contributed by atoms with van der Waals surface area (Å²) in [6.45, 7) is 2.16. The Hall–Kier alpha value is -0.800. The van der Waals surface area contributed by atoms with Crippen molar-refractivity contribution in [3.05, 3.63) is 59.2 Å². The van der Waals surface area contributed by atoms with Gasteiger partial charge in [-0.3, -0.25) is 19.5 Å².